The average molecular weight is 444 g/mol. The van der Waals surface area contributed by atoms with Crippen molar-refractivity contribution in [1.29, 1.82) is 0 Å². The third-order valence-corrected chi connectivity index (χ3v) is 6.01. The molecule has 0 amide bonds. The van der Waals surface area contributed by atoms with E-state index in [1.807, 2.05) is 12.1 Å². The van der Waals surface area contributed by atoms with Gasteiger partial charge in [-0.1, -0.05) is 12.1 Å². The summed E-state index contributed by atoms with van der Waals surface area (Å²) in [7, 11) is 1.34. The van der Waals surface area contributed by atoms with Crippen LogP contribution in [0.1, 0.15) is 39.9 Å². The molecule has 5 rings (SSSR count). The predicted molar refractivity (Wildman–Crippen MR) is 126 cm³/mol. The number of carbonyl (C=O) groups is 1. The van der Waals surface area contributed by atoms with E-state index in [1.165, 1.54) is 25.5 Å². The van der Waals surface area contributed by atoms with E-state index in [9.17, 15) is 9.90 Å². The Morgan fingerprint density at radius 2 is 1.91 bits per heavy atom. The maximum absolute atomic E-state index is 12.1. The maximum Gasteiger partial charge on any atom is 0.337 e. The van der Waals surface area contributed by atoms with Gasteiger partial charge in [-0.15, -0.1) is 0 Å². The van der Waals surface area contributed by atoms with Crippen LogP contribution in [-0.4, -0.2) is 46.9 Å². The Morgan fingerprint density at radius 3 is 2.61 bits per heavy atom. The summed E-state index contributed by atoms with van der Waals surface area (Å²) in [5.74, 6) is -0.475. The van der Waals surface area contributed by atoms with Crippen LogP contribution in [0.25, 0.3) is 10.9 Å². The number of ether oxygens (including phenoxy) is 1. The van der Waals surface area contributed by atoms with Crippen molar-refractivity contribution in [3.63, 3.8) is 0 Å². The molecule has 3 heterocycles. The zero-order chi connectivity index (χ0) is 22.8. The Labute approximate surface area is 191 Å². The van der Waals surface area contributed by atoms with Crippen molar-refractivity contribution in [3.05, 3.63) is 83.3 Å². The van der Waals surface area contributed by atoms with E-state index < -0.39 is 5.97 Å². The first-order chi connectivity index (χ1) is 16.1. The number of esters is 1. The lowest BCUT2D eigenvalue weighted by Crippen LogP contribution is -2.18. The van der Waals surface area contributed by atoms with E-state index in [1.54, 1.807) is 36.8 Å². The Kier molecular flexibility index (Phi) is 5.71. The minimum Gasteiger partial charge on any atom is -0.494 e. The Hall–Kier alpha value is -3.84. The number of aliphatic imine (C=N–C) groups is 1. The van der Waals surface area contributed by atoms with Gasteiger partial charge in [0, 0.05) is 23.0 Å². The molecule has 2 aromatic heterocycles. The summed E-state index contributed by atoms with van der Waals surface area (Å²) in [6.45, 7) is 3.24. The molecule has 0 radical (unpaired) electrons. The number of carbonyl (C=O) groups excluding carboxylic acids is 1. The third-order valence-electron chi connectivity index (χ3n) is 6.01. The lowest BCUT2D eigenvalue weighted by Gasteiger charge is -2.14. The van der Waals surface area contributed by atoms with Gasteiger partial charge in [0.25, 0.3) is 0 Å². The number of fused-ring (bicyclic) bond motifs is 1. The average Bonchev–Trinajstić information content (AvgIpc) is 3.59. The molecule has 2 N–H and O–H groups in total. The number of aromatic hydroxyl groups is 1. The number of rotatable bonds is 6. The standard InChI is InChI=1S/C26H25N3O4/c1-32-26(31)18-6-9-22-21(14-18)23(25(30)28-22)24(19-10-13-33-16-19)27-20-7-4-17(5-8-20)15-29-11-2-3-12-29/h4-10,13-14,16,28,30H,2-3,11-12,15H2,1H3. The molecule has 1 aliphatic rings. The van der Waals surface area contributed by atoms with E-state index >= 15 is 0 Å². The van der Waals surface area contributed by atoms with Crippen molar-refractivity contribution in [3.8, 4) is 5.88 Å². The normalized spacial score (nSPS) is 14.8. The summed E-state index contributed by atoms with van der Waals surface area (Å²) in [4.78, 5) is 22.4. The number of aromatic amines is 1. The first-order valence-electron chi connectivity index (χ1n) is 11.0. The minimum absolute atomic E-state index is 0.0300. The summed E-state index contributed by atoms with van der Waals surface area (Å²) in [6.07, 6.45) is 5.68. The second-order valence-electron chi connectivity index (χ2n) is 8.22. The summed E-state index contributed by atoms with van der Waals surface area (Å²) >= 11 is 0. The highest BCUT2D eigenvalue weighted by Crippen LogP contribution is 2.32. The molecule has 0 atom stereocenters. The molecular weight excluding hydrogens is 418 g/mol. The summed E-state index contributed by atoms with van der Waals surface area (Å²) in [5, 5.41) is 11.5. The van der Waals surface area contributed by atoms with Gasteiger partial charge in [0.2, 0.25) is 0 Å². The van der Waals surface area contributed by atoms with Crippen LogP contribution < -0.4 is 0 Å². The van der Waals surface area contributed by atoms with Crippen molar-refractivity contribution >= 4 is 28.3 Å². The molecule has 1 aliphatic heterocycles. The van der Waals surface area contributed by atoms with Gasteiger partial charge in [-0.05, 0) is 67.9 Å². The molecule has 0 saturated carbocycles. The second-order valence-corrected chi connectivity index (χ2v) is 8.22. The Balaban J connectivity index is 1.56. The summed E-state index contributed by atoms with van der Waals surface area (Å²) in [6, 6.07) is 15.0. The van der Waals surface area contributed by atoms with E-state index in [4.69, 9.17) is 14.1 Å². The van der Waals surface area contributed by atoms with Gasteiger partial charge in [-0.3, -0.25) is 4.90 Å². The van der Waals surface area contributed by atoms with Crippen molar-refractivity contribution in [2.45, 2.75) is 19.4 Å². The van der Waals surface area contributed by atoms with Gasteiger partial charge < -0.3 is 19.2 Å². The molecule has 1 fully saturated rings. The molecule has 168 valence electrons. The van der Waals surface area contributed by atoms with Crippen LogP contribution in [0.4, 0.5) is 5.69 Å². The zero-order valence-electron chi connectivity index (χ0n) is 18.4. The van der Waals surface area contributed by atoms with Gasteiger partial charge in [0.15, 0.2) is 5.88 Å². The predicted octanol–water partition coefficient (Wildman–Crippen LogP) is 5.02. The summed E-state index contributed by atoms with van der Waals surface area (Å²) in [5.41, 5.74) is 4.85. The topological polar surface area (TPSA) is 91.1 Å². The monoisotopic (exact) mass is 443 g/mol. The number of benzene rings is 2. The molecule has 33 heavy (non-hydrogen) atoms. The number of H-pyrrole nitrogens is 1. The van der Waals surface area contributed by atoms with Crippen LogP contribution in [0.3, 0.4) is 0 Å². The molecule has 0 bridgehead atoms. The molecular formula is C26H25N3O4. The largest absolute Gasteiger partial charge is 0.494 e. The minimum atomic E-state index is -0.445. The van der Waals surface area contributed by atoms with Crippen LogP contribution >= 0.6 is 0 Å². The molecule has 7 heteroatoms. The first-order valence-corrected chi connectivity index (χ1v) is 11.0. The number of furan rings is 1. The number of hydrogen-bond donors (Lipinski definition) is 2. The molecule has 7 nitrogen and oxygen atoms in total. The van der Waals surface area contributed by atoms with Crippen LogP contribution in [0.2, 0.25) is 0 Å². The van der Waals surface area contributed by atoms with E-state index in [-0.39, 0.29) is 5.88 Å². The number of hydrogen-bond acceptors (Lipinski definition) is 6. The van der Waals surface area contributed by atoms with Crippen molar-refractivity contribution in [1.82, 2.24) is 9.88 Å². The van der Waals surface area contributed by atoms with E-state index in [0.29, 0.717) is 27.7 Å². The fourth-order valence-corrected chi connectivity index (χ4v) is 4.33. The number of nitrogens with one attached hydrogen (secondary N) is 1. The smallest absolute Gasteiger partial charge is 0.337 e. The molecule has 0 spiro atoms. The quantitative estimate of drug-likeness (QED) is 0.323. The van der Waals surface area contributed by atoms with Gasteiger partial charge >= 0.3 is 5.97 Å². The summed E-state index contributed by atoms with van der Waals surface area (Å²) < 4.78 is 10.2. The molecule has 0 unspecified atom stereocenters. The second kappa shape index (κ2) is 8.96. The van der Waals surface area contributed by atoms with Gasteiger partial charge in [-0.2, -0.15) is 0 Å². The highest BCUT2D eigenvalue weighted by atomic mass is 16.5. The van der Waals surface area contributed by atoms with E-state index in [2.05, 4.69) is 22.0 Å². The van der Waals surface area contributed by atoms with Crippen LogP contribution in [0, 0.1) is 0 Å². The molecule has 4 aromatic rings. The molecule has 2 aromatic carbocycles. The third kappa shape index (κ3) is 4.27. The zero-order valence-corrected chi connectivity index (χ0v) is 18.4. The fourth-order valence-electron chi connectivity index (χ4n) is 4.33. The lowest BCUT2D eigenvalue weighted by molar-refractivity contribution is 0.0601. The van der Waals surface area contributed by atoms with Crippen LogP contribution in [0.5, 0.6) is 5.88 Å². The first kappa shape index (κ1) is 21.0. The van der Waals surface area contributed by atoms with Gasteiger partial charge in [0.1, 0.15) is 0 Å². The lowest BCUT2D eigenvalue weighted by atomic mass is 10.0. The number of nitrogens with zero attached hydrogens (tertiary/aromatic N) is 2. The SMILES string of the molecule is COC(=O)c1ccc2[nH]c(O)c(C(=Nc3ccc(CN4CCCC4)cc3)c3ccoc3)c2c1. The van der Waals surface area contributed by atoms with Gasteiger partial charge in [-0.25, -0.2) is 9.79 Å². The molecule has 0 aliphatic carbocycles. The Morgan fingerprint density at radius 1 is 1.12 bits per heavy atom. The molecule has 1 saturated heterocycles. The highest BCUT2D eigenvalue weighted by molar-refractivity contribution is 6.22. The van der Waals surface area contributed by atoms with Crippen LogP contribution in [-0.2, 0) is 11.3 Å². The maximum atomic E-state index is 12.1. The Bertz CT molecular complexity index is 1300. The van der Waals surface area contributed by atoms with Crippen LogP contribution in [0.15, 0.2) is 70.5 Å². The highest BCUT2D eigenvalue weighted by Gasteiger charge is 2.21. The number of likely N-dealkylation sites (tertiary alicyclic amines) is 1. The van der Waals surface area contributed by atoms with Crippen molar-refractivity contribution in [2.75, 3.05) is 20.2 Å². The number of aromatic nitrogens is 1. The number of methoxy groups -OCH3 is 1. The fraction of sp³-hybridized carbons (Fsp3) is 0.231. The van der Waals surface area contributed by atoms with Crippen molar-refractivity contribution in [2.24, 2.45) is 4.99 Å². The van der Waals surface area contributed by atoms with Crippen molar-refractivity contribution < 1.29 is 19.1 Å². The van der Waals surface area contributed by atoms with E-state index in [0.717, 1.165) is 30.9 Å². The van der Waals surface area contributed by atoms with Gasteiger partial charge in [0.05, 0.1) is 42.2 Å².